The molecule has 0 aliphatic heterocycles. The number of carbonyl (C=O) groups excluding carboxylic acids is 2. The second-order valence-corrected chi connectivity index (χ2v) is 6.70. The van der Waals surface area contributed by atoms with Crippen molar-refractivity contribution in [2.75, 3.05) is 0 Å². The molecule has 2 rings (SSSR count). The largest absolute Gasteiger partial charge is 0.292 e. The molecule has 1 N–H and O–H groups in total. The van der Waals surface area contributed by atoms with E-state index >= 15 is 0 Å². The first-order valence-corrected chi connectivity index (χ1v) is 7.85. The van der Waals surface area contributed by atoms with Crippen LogP contribution in [0.1, 0.15) is 68.4 Å². The number of hydrogen-bond acceptors (Lipinski definition) is 2. The predicted molar refractivity (Wildman–Crippen MR) is 84.3 cm³/mol. The normalized spacial score (nSPS) is 15.3. The standard InChI is InChI=1S/C18H25NO2/c1-5-12(6-2)9-16(20)19-17(21)13-7-8-14-11-18(3,4)15(14)10-13/h7-8,10,12H,5-6,9,11H2,1-4H3,(H,19,20,21). The molecule has 1 aliphatic rings. The van der Waals surface area contributed by atoms with E-state index in [4.69, 9.17) is 0 Å². The van der Waals surface area contributed by atoms with E-state index in [1.54, 1.807) is 0 Å². The quantitative estimate of drug-likeness (QED) is 0.899. The third kappa shape index (κ3) is 3.34. The first kappa shape index (κ1) is 15.7. The highest BCUT2D eigenvalue weighted by Crippen LogP contribution is 2.40. The van der Waals surface area contributed by atoms with Gasteiger partial charge in [-0.1, -0.05) is 46.6 Å². The fourth-order valence-corrected chi connectivity index (χ4v) is 3.06. The van der Waals surface area contributed by atoms with Crippen LogP contribution in [0.15, 0.2) is 18.2 Å². The van der Waals surface area contributed by atoms with Crippen LogP contribution in [0, 0.1) is 5.92 Å². The highest BCUT2D eigenvalue weighted by Gasteiger charge is 2.34. The van der Waals surface area contributed by atoms with E-state index in [1.165, 1.54) is 11.1 Å². The van der Waals surface area contributed by atoms with Gasteiger partial charge in [-0.05, 0) is 41.0 Å². The summed E-state index contributed by atoms with van der Waals surface area (Å²) in [6.45, 7) is 8.50. The van der Waals surface area contributed by atoms with Crippen molar-refractivity contribution in [3.8, 4) is 0 Å². The third-order valence-corrected chi connectivity index (χ3v) is 4.62. The maximum atomic E-state index is 12.2. The Morgan fingerprint density at radius 2 is 1.90 bits per heavy atom. The molecule has 0 radical (unpaired) electrons. The molecule has 1 aromatic rings. The summed E-state index contributed by atoms with van der Waals surface area (Å²) in [4.78, 5) is 24.1. The highest BCUT2D eigenvalue weighted by molar-refractivity contribution is 6.04. The molecule has 3 nitrogen and oxygen atoms in total. The number of nitrogens with one attached hydrogen (secondary N) is 1. The molecule has 0 unspecified atom stereocenters. The van der Waals surface area contributed by atoms with Crippen molar-refractivity contribution in [3.05, 3.63) is 34.9 Å². The molecule has 3 heteroatoms. The topological polar surface area (TPSA) is 46.2 Å². The van der Waals surface area contributed by atoms with Gasteiger partial charge in [-0.3, -0.25) is 14.9 Å². The monoisotopic (exact) mass is 287 g/mol. The molecule has 1 aromatic carbocycles. The van der Waals surface area contributed by atoms with Crippen molar-refractivity contribution in [3.63, 3.8) is 0 Å². The zero-order valence-corrected chi connectivity index (χ0v) is 13.5. The van der Waals surface area contributed by atoms with Crippen LogP contribution in [0.4, 0.5) is 0 Å². The van der Waals surface area contributed by atoms with E-state index in [0.29, 0.717) is 17.9 Å². The predicted octanol–water partition coefficient (Wildman–Crippen LogP) is 3.60. The van der Waals surface area contributed by atoms with Crippen molar-refractivity contribution in [2.24, 2.45) is 5.92 Å². The molecule has 0 spiro atoms. The number of carbonyl (C=O) groups is 2. The Bertz CT molecular complexity index is 556. The number of fused-ring (bicyclic) bond motifs is 1. The Kier molecular flexibility index (Phi) is 4.50. The van der Waals surface area contributed by atoms with Crippen LogP contribution in [-0.2, 0) is 16.6 Å². The second kappa shape index (κ2) is 6.00. The van der Waals surface area contributed by atoms with Gasteiger partial charge in [0.05, 0.1) is 0 Å². The fraction of sp³-hybridized carbons (Fsp3) is 0.556. The summed E-state index contributed by atoms with van der Waals surface area (Å²) in [6.07, 6.45) is 3.41. The number of benzene rings is 1. The lowest BCUT2D eigenvalue weighted by Crippen LogP contribution is -2.35. The first-order valence-electron chi connectivity index (χ1n) is 7.85. The number of imide groups is 1. The Hall–Kier alpha value is -1.64. The number of amides is 2. The molecule has 0 fully saturated rings. The maximum absolute atomic E-state index is 12.2. The summed E-state index contributed by atoms with van der Waals surface area (Å²) in [6, 6.07) is 5.74. The summed E-state index contributed by atoms with van der Waals surface area (Å²) in [5.74, 6) is -0.0966. The molecular formula is C18H25NO2. The maximum Gasteiger partial charge on any atom is 0.257 e. The van der Waals surface area contributed by atoms with Crippen LogP contribution in [0.3, 0.4) is 0 Å². The zero-order valence-electron chi connectivity index (χ0n) is 13.5. The lowest BCUT2D eigenvalue weighted by Gasteiger charge is -2.38. The second-order valence-electron chi connectivity index (χ2n) is 6.70. The van der Waals surface area contributed by atoms with Crippen LogP contribution < -0.4 is 5.32 Å². The fourth-order valence-electron chi connectivity index (χ4n) is 3.06. The SMILES string of the molecule is CCC(CC)CC(=O)NC(=O)c1ccc2c(c1)C(C)(C)C2. The van der Waals surface area contributed by atoms with Crippen LogP contribution in [0.2, 0.25) is 0 Å². The van der Waals surface area contributed by atoms with Crippen molar-refractivity contribution in [1.82, 2.24) is 5.32 Å². The van der Waals surface area contributed by atoms with Gasteiger partial charge in [0.25, 0.3) is 5.91 Å². The van der Waals surface area contributed by atoms with E-state index in [2.05, 4.69) is 33.0 Å². The molecule has 0 atom stereocenters. The molecule has 1 aliphatic carbocycles. The van der Waals surface area contributed by atoms with E-state index in [1.807, 2.05) is 18.2 Å². The summed E-state index contributed by atoms with van der Waals surface area (Å²) < 4.78 is 0. The lowest BCUT2D eigenvalue weighted by atomic mass is 9.66. The van der Waals surface area contributed by atoms with Crippen LogP contribution in [0.25, 0.3) is 0 Å². The number of rotatable bonds is 5. The van der Waals surface area contributed by atoms with Gasteiger partial charge in [-0.15, -0.1) is 0 Å². The highest BCUT2D eigenvalue weighted by atomic mass is 16.2. The van der Waals surface area contributed by atoms with Crippen LogP contribution in [0.5, 0.6) is 0 Å². The average molecular weight is 287 g/mol. The van der Waals surface area contributed by atoms with Gasteiger partial charge in [0, 0.05) is 12.0 Å². The minimum Gasteiger partial charge on any atom is -0.292 e. The lowest BCUT2D eigenvalue weighted by molar-refractivity contribution is -0.121. The minimum atomic E-state index is -0.281. The smallest absolute Gasteiger partial charge is 0.257 e. The molecule has 0 saturated carbocycles. The van der Waals surface area contributed by atoms with Gasteiger partial charge in [0.15, 0.2) is 0 Å². The van der Waals surface area contributed by atoms with Crippen molar-refractivity contribution in [2.45, 2.75) is 58.8 Å². The molecule has 0 bridgehead atoms. The summed E-state index contributed by atoms with van der Waals surface area (Å²) in [5.41, 5.74) is 3.26. The van der Waals surface area contributed by atoms with Crippen molar-refractivity contribution >= 4 is 11.8 Å². The molecular weight excluding hydrogens is 262 g/mol. The van der Waals surface area contributed by atoms with Gasteiger partial charge < -0.3 is 0 Å². The van der Waals surface area contributed by atoms with Crippen LogP contribution >= 0.6 is 0 Å². The molecule has 114 valence electrons. The molecule has 0 aromatic heterocycles. The third-order valence-electron chi connectivity index (χ3n) is 4.62. The van der Waals surface area contributed by atoms with Gasteiger partial charge in [0.2, 0.25) is 5.91 Å². The summed E-state index contributed by atoms with van der Waals surface area (Å²) in [7, 11) is 0. The molecule has 2 amide bonds. The Morgan fingerprint density at radius 1 is 1.24 bits per heavy atom. The van der Waals surface area contributed by atoms with Crippen molar-refractivity contribution < 1.29 is 9.59 Å². The zero-order chi connectivity index (χ0) is 15.6. The average Bonchev–Trinajstić information content (AvgIpc) is 2.43. The molecule has 21 heavy (non-hydrogen) atoms. The molecule has 0 saturated heterocycles. The van der Waals surface area contributed by atoms with E-state index in [9.17, 15) is 9.59 Å². The number of hydrogen-bond donors (Lipinski definition) is 1. The minimum absolute atomic E-state index is 0.144. The van der Waals surface area contributed by atoms with Gasteiger partial charge >= 0.3 is 0 Å². The van der Waals surface area contributed by atoms with Crippen molar-refractivity contribution in [1.29, 1.82) is 0 Å². The van der Waals surface area contributed by atoms with Crippen LogP contribution in [-0.4, -0.2) is 11.8 Å². The Morgan fingerprint density at radius 3 is 2.48 bits per heavy atom. The van der Waals surface area contributed by atoms with E-state index in [0.717, 1.165) is 19.3 Å². The van der Waals surface area contributed by atoms with Gasteiger partial charge in [0.1, 0.15) is 0 Å². The van der Waals surface area contributed by atoms with Gasteiger partial charge in [-0.2, -0.15) is 0 Å². The Labute approximate surface area is 127 Å². The van der Waals surface area contributed by atoms with Gasteiger partial charge in [-0.25, -0.2) is 0 Å². The first-order chi connectivity index (χ1) is 9.87. The Balaban J connectivity index is 2.01. The summed E-state index contributed by atoms with van der Waals surface area (Å²) in [5, 5.41) is 2.52. The van der Waals surface area contributed by atoms with E-state index in [-0.39, 0.29) is 17.2 Å². The molecule has 0 heterocycles. The van der Waals surface area contributed by atoms with E-state index < -0.39 is 0 Å². The summed E-state index contributed by atoms with van der Waals surface area (Å²) >= 11 is 0.